The van der Waals surface area contributed by atoms with E-state index in [4.69, 9.17) is 22.1 Å². The van der Waals surface area contributed by atoms with Crippen molar-refractivity contribution in [3.63, 3.8) is 0 Å². The molecule has 0 aliphatic carbocycles. The number of aryl methyl sites for hydroxylation is 1. The first-order chi connectivity index (χ1) is 9.65. The highest BCUT2D eigenvalue weighted by atomic mass is 35.5. The van der Waals surface area contributed by atoms with E-state index in [2.05, 4.69) is 12.1 Å². The van der Waals surface area contributed by atoms with Crippen molar-refractivity contribution in [3.8, 4) is 0 Å². The standard InChI is InChI=1S/C16H16ClNO2/c17-14-9-13(10-15(18)11-14)16(19)20-8-4-7-12-5-2-1-3-6-12/h1-3,5-6,9-11H,4,7-8,18H2. The summed E-state index contributed by atoms with van der Waals surface area (Å²) in [5.74, 6) is -0.396. The second-order valence-corrected chi connectivity index (χ2v) is 4.93. The average Bonchev–Trinajstić information content (AvgIpc) is 2.43. The average molecular weight is 290 g/mol. The molecule has 0 saturated carbocycles. The molecule has 20 heavy (non-hydrogen) atoms. The molecule has 0 spiro atoms. The Morgan fingerprint density at radius 2 is 1.90 bits per heavy atom. The normalized spacial score (nSPS) is 10.2. The van der Waals surface area contributed by atoms with Crippen molar-refractivity contribution in [3.05, 3.63) is 64.7 Å². The monoisotopic (exact) mass is 289 g/mol. The summed E-state index contributed by atoms with van der Waals surface area (Å²) in [4.78, 5) is 11.8. The highest BCUT2D eigenvalue weighted by Gasteiger charge is 2.08. The number of nitrogens with two attached hydrogens (primary N) is 1. The lowest BCUT2D eigenvalue weighted by Crippen LogP contribution is -2.07. The van der Waals surface area contributed by atoms with Crippen molar-refractivity contribution in [2.75, 3.05) is 12.3 Å². The maximum Gasteiger partial charge on any atom is 0.338 e. The molecular formula is C16H16ClNO2. The number of nitrogen functional groups attached to an aromatic ring is 1. The Hall–Kier alpha value is -2.00. The van der Waals surface area contributed by atoms with Gasteiger partial charge in [0.2, 0.25) is 0 Å². The molecule has 0 saturated heterocycles. The van der Waals surface area contributed by atoms with Crippen LogP contribution in [0.3, 0.4) is 0 Å². The Labute approximate surface area is 123 Å². The van der Waals surface area contributed by atoms with Crippen LogP contribution in [0.25, 0.3) is 0 Å². The Morgan fingerprint density at radius 3 is 2.60 bits per heavy atom. The van der Waals surface area contributed by atoms with Crippen LogP contribution in [0.1, 0.15) is 22.3 Å². The number of hydrogen-bond acceptors (Lipinski definition) is 3. The summed E-state index contributed by atoms with van der Waals surface area (Å²) < 4.78 is 5.21. The van der Waals surface area contributed by atoms with Crippen LogP contribution in [0.2, 0.25) is 5.02 Å². The molecule has 3 nitrogen and oxygen atoms in total. The predicted molar refractivity (Wildman–Crippen MR) is 80.9 cm³/mol. The van der Waals surface area contributed by atoms with Gasteiger partial charge in [-0.2, -0.15) is 0 Å². The first kappa shape index (κ1) is 14.4. The molecule has 2 aromatic rings. The van der Waals surface area contributed by atoms with Crippen LogP contribution < -0.4 is 5.73 Å². The Morgan fingerprint density at radius 1 is 1.15 bits per heavy atom. The minimum Gasteiger partial charge on any atom is -0.462 e. The maximum absolute atomic E-state index is 11.8. The van der Waals surface area contributed by atoms with Crippen LogP contribution in [-0.4, -0.2) is 12.6 Å². The lowest BCUT2D eigenvalue weighted by molar-refractivity contribution is 0.0500. The zero-order chi connectivity index (χ0) is 14.4. The van der Waals surface area contributed by atoms with Crippen molar-refractivity contribution in [1.82, 2.24) is 0 Å². The molecule has 0 unspecified atom stereocenters. The Balaban J connectivity index is 1.80. The summed E-state index contributed by atoms with van der Waals surface area (Å²) in [5, 5.41) is 0.432. The van der Waals surface area contributed by atoms with Gasteiger partial charge in [-0.05, 0) is 36.6 Å². The molecule has 0 atom stereocenters. The lowest BCUT2D eigenvalue weighted by atomic mass is 10.1. The van der Waals surface area contributed by atoms with Gasteiger partial charge in [0.1, 0.15) is 0 Å². The fourth-order valence-corrected chi connectivity index (χ4v) is 2.14. The molecule has 0 amide bonds. The highest BCUT2D eigenvalue weighted by Crippen LogP contribution is 2.17. The van der Waals surface area contributed by atoms with E-state index in [1.165, 1.54) is 5.56 Å². The summed E-state index contributed by atoms with van der Waals surface area (Å²) in [6, 6.07) is 14.8. The van der Waals surface area contributed by atoms with E-state index in [1.807, 2.05) is 18.2 Å². The topological polar surface area (TPSA) is 52.3 Å². The molecule has 0 radical (unpaired) electrons. The molecule has 0 aliphatic heterocycles. The summed E-state index contributed by atoms with van der Waals surface area (Å²) in [6.07, 6.45) is 1.66. The van der Waals surface area contributed by atoms with Gasteiger partial charge in [0.05, 0.1) is 12.2 Å². The van der Waals surface area contributed by atoms with Crippen molar-refractivity contribution in [1.29, 1.82) is 0 Å². The fraction of sp³-hybridized carbons (Fsp3) is 0.188. The third-order valence-electron chi connectivity index (χ3n) is 2.84. The summed E-state index contributed by atoms with van der Waals surface area (Å²) in [5.41, 5.74) is 7.70. The minimum absolute atomic E-state index is 0.375. The number of benzene rings is 2. The Bertz CT molecular complexity index is 564. The van der Waals surface area contributed by atoms with Crippen molar-refractivity contribution in [2.24, 2.45) is 0 Å². The number of ether oxygens (including phenoxy) is 1. The minimum atomic E-state index is -0.396. The molecule has 0 aliphatic rings. The van der Waals surface area contributed by atoms with Gasteiger partial charge in [0.25, 0.3) is 0 Å². The molecule has 2 N–H and O–H groups in total. The molecule has 2 aromatic carbocycles. The molecule has 0 aromatic heterocycles. The van der Waals surface area contributed by atoms with E-state index in [0.717, 1.165) is 12.8 Å². The quantitative estimate of drug-likeness (QED) is 0.518. The van der Waals surface area contributed by atoms with E-state index in [1.54, 1.807) is 18.2 Å². The zero-order valence-corrected chi connectivity index (χ0v) is 11.8. The third-order valence-corrected chi connectivity index (χ3v) is 3.06. The molecule has 4 heteroatoms. The van der Waals surface area contributed by atoms with Gasteiger partial charge in [-0.3, -0.25) is 0 Å². The second kappa shape index (κ2) is 6.96. The number of esters is 1. The van der Waals surface area contributed by atoms with E-state index >= 15 is 0 Å². The van der Waals surface area contributed by atoms with Crippen LogP contribution in [0, 0.1) is 0 Å². The molecule has 0 bridgehead atoms. The van der Waals surface area contributed by atoms with Gasteiger partial charge in [0, 0.05) is 10.7 Å². The van der Waals surface area contributed by atoms with Gasteiger partial charge < -0.3 is 10.5 Å². The number of anilines is 1. The predicted octanol–water partition coefficient (Wildman–Crippen LogP) is 3.71. The van der Waals surface area contributed by atoms with Gasteiger partial charge >= 0.3 is 5.97 Å². The Kier molecular flexibility index (Phi) is 5.02. The summed E-state index contributed by atoms with van der Waals surface area (Å²) in [6.45, 7) is 0.375. The van der Waals surface area contributed by atoms with Crippen molar-refractivity contribution < 1.29 is 9.53 Å². The lowest BCUT2D eigenvalue weighted by Gasteiger charge is -2.06. The van der Waals surface area contributed by atoms with Crippen LogP contribution in [0.4, 0.5) is 5.69 Å². The first-order valence-corrected chi connectivity index (χ1v) is 6.80. The molecule has 2 rings (SSSR count). The third kappa shape index (κ3) is 4.28. The van der Waals surface area contributed by atoms with Gasteiger partial charge in [0.15, 0.2) is 0 Å². The molecule has 0 heterocycles. The second-order valence-electron chi connectivity index (χ2n) is 4.50. The zero-order valence-electron chi connectivity index (χ0n) is 11.0. The van der Waals surface area contributed by atoms with Crippen molar-refractivity contribution in [2.45, 2.75) is 12.8 Å². The number of halogens is 1. The SMILES string of the molecule is Nc1cc(Cl)cc(C(=O)OCCCc2ccccc2)c1. The van der Waals surface area contributed by atoms with E-state index in [0.29, 0.717) is 22.9 Å². The van der Waals surface area contributed by atoms with E-state index in [-0.39, 0.29) is 0 Å². The number of carbonyl (C=O) groups excluding carboxylic acids is 1. The van der Waals surface area contributed by atoms with Crippen LogP contribution in [0.5, 0.6) is 0 Å². The molecule has 0 fully saturated rings. The number of rotatable bonds is 5. The van der Waals surface area contributed by atoms with E-state index < -0.39 is 5.97 Å². The van der Waals surface area contributed by atoms with Gasteiger partial charge in [-0.1, -0.05) is 41.9 Å². The van der Waals surface area contributed by atoms with Gasteiger partial charge in [-0.25, -0.2) is 4.79 Å². The van der Waals surface area contributed by atoms with Gasteiger partial charge in [-0.15, -0.1) is 0 Å². The van der Waals surface area contributed by atoms with E-state index in [9.17, 15) is 4.79 Å². The van der Waals surface area contributed by atoms with Crippen LogP contribution in [0.15, 0.2) is 48.5 Å². The highest BCUT2D eigenvalue weighted by molar-refractivity contribution is 6.31. The molecule has 104 valence electrons. The number of carbonyl (C=O) groups is 1. The number of hydrogen-bond donors (Lipinski definition) is 1. The first-order valence-electron chi connectivity index (χ1n) is 6.42. The van der Waals surface area contributed by atoms with Crippen LogP contribution in [-0.2, 0) is 11.2 Å². The maximum atomic E-state index is 11.8. The smallest absolute Gasteiger partial charge is 0.338 e. The largest absolute Gasteiger partial charge is 0.462 e. The molecular weight excluding hydrogens is 274 g/mol. The van der Waals surface area contributed by atoms with Crippen LogP contribution >= 0.6 is 11.6 Å². The van der Waals surface area contributed by atoms with Crippen molar-refractivity contribution >= 4 is 23.3 Å². The fourth-order valence-electron chi connectivity index (χ4n) is 1.90. The summed E-state index contributed by atoms with van der Waals surface area (Å²) >= 11 is 5.85. The summed E-state index contributed by atoms with van der Waals surface area (Å²) in [7, 11) is 0.